The third kappa shape index (κ3) is 5.58. The molecule has 1 heterocycles. The summed E-state index contributed by atoms with van der Waals surface area (Å²) in [6.45, 7) is 2.32. The van der Waals surface area contributed by atoms with Gasteiger partial charge in [-0.2, -0.15) is 0 Å². The normalized spacial score (nSPS) is 9.67. The fraction of sp³-hybridized carbons (Fsp3) is 0.462. The van der Waals surface area contributed by atoms with Crippen LogP contribution < -0.4 is 0 Å². The van der Waals surface area contributed by atoms with Crippen LogP contribution in [0.5, 0.6) is 0 Å². The maximum atomic E-state index is 11.2. The molecular formula is C13H16O3S2. The molecule has 0 saturated heterocycles. The third-order valence-corrected chi connectivity index (χ3v) is 4.00. The number of rotatable bonds is 6. The van der Waals surface area contributed by atoms with Crippen LogP contribution in [0.2, 0.25) is 0 Å². The lowest BCUT2D eigenvalue weighted by Crippen LogP contribution is -2.06. The van der Waals surface area contributed by atoms with E-state index in [1.165, 1.54) is 11.8 Å². The summed E-state index contributed by atoms with van der Waals surface area (Å²) in [6, 6.07) is 1.97. The van der Waals surface area contributed by atoms with Crippen LogP contribution in [-0.4, -0.2) is 30.0 Å². The van der Waals surface area contributed by atoms with Crippen molar-refractivity contribution in [3.05, 3.63) is 21.9 Å². The lowest BCUT2D eigenvalue weighted by atomic mass is 10.2. The molecule has 0 spiro atoms. The van der Waals surface area contributed by atoms with Gasteiger partial charge in [-0.1, -0.05) is 11.8 Å². The molecule has 1 aromatic rings. The number of ether oxygens (including phenoxy) is 1. The number of thioether (sulfide) groups is 1. The van der Waals surface area contributed by atoms with Gasteiger partial charge in [-0.05, 0) is 18.4 Å². The highest BCUT2D eigenvalue weighted by atomic mass is 32.2. The molecule has 0 radical (unpaired) electrons. The fourth-order valence-electron chi connectivity index (χ4n) is 1.21. The molecule has 1 rings (SSSR count). The maximum absolute atomic E-state index is 11.2. The van der Waals surface area contributed by atoms with Crippen molar-refractivity contribution in [1.29, 1.82) is 0 Å². The number of esters is 1. The summed E-state index contributed by atoms with van der Waals surface area (Å²) >= 11 is 3.17. The van der Waals surface area contributed by atoms with Crippen molar-refractivity contribution >= 4 is 29.1 Å². The second-order valence-corrected chi connectivity index (χ2v) is 5.32. The average molecular weight is 284 g/mol. The maximum Gasteiger partial charge on any atom is 0.315 e. The van der Waals surface area contributed by atoms with Gasteiger partial charge in [0.1, 0.15) is 0 Å². The minimum Gasteiger partial charge on any atom is -0.465 e. The molecule has 0 atom stereocenters. The number of hydrogen-bond acceptors (Lipinski definition) is 5. The topological polar surface area (TPSA) is 46.5 Å². The van der Waals surface area contributed by atoms with Crippen molar-refractivity contribution in [1.82, 2.24) is 0 Å². The summed E-state index contributed by atoms with van der Waals surface area (Å²) in [5.41, 5.74) is 0.991. The Labute approximate surface area is 116 Å². The predicted molar refractivity (Wildman–Crippen MR) is 75.7 cm³/mol. The van der Waals surface area contributed by atoms with Crippen molar-refractivity contribution in [2.45, 2.75) is 19.1 Å². The number of carbonyl (C=O) groups excluding carboxylic acids is 1. The Hall–Kier alpha value is -0.960. The SMILES string of the molecule is CCOC(=O)CSCc1sccc1C#CCCO. The van der Waals surface area contributed by atoms with Gasteiger partial charge in [0.05, 0.1) is 19.0 Å². The molecule has 1 aromatic heterocycles. The first-order valence-electron chi connectivity index (χ1n) is 5.67. The van der Waals surface area contributed by atoms with Crippen LogP contribution >= 0.6 is 23.1 Å². The van der Waals surface area contributed by atoms with Crippen LogP contribution in [0.3, 0.4) is 0 Å². The Kier molecular flexibility index (Phi) is 7.58. The lowest BCUT2D eigenvalue weighted by Gasteiger charge is -2.01. The largest absolute Gasteiger partial charge is 0.465 e. The number of carbonyl (C=O) groups is 1. The van der Waals surface area contributed by atoms with Crippen LogP contribution in [0.15, 0.2) is 11.4 Å². The predicted octanol–water partition coefficient (Wildman–Crippen LogP) is 2.28. The Morgan fingerprint density at radius 3 is 3.17 bits per heavy atom. The van der Waals surface area contributed by atoms with E-state index in [2.05, 4.69) is 11.8 Å². The number of aliphatic hydroxyl groups is 1. The summed E-state index contributed by atoms with van der Waals surface area (Å²) in [4.78, 5) is 12.3. The quantitative estimate of drug-likeness (QED) is 0.643. The molecule has 1 N–H and O–H groups in total. The van der Waals surface area contributed by atoms with E-state index in [1.807, 2.05) is 11.4 Å². The standard InChI is InChI=1S/C13H16O3S2/c1-2-16-13(15)10-17-9-12-11(6-8-18-12)5-3-4-7-14/h6,8,14H,2,4,7,9-10H2,1H3. The van der Waals surface area contributed by atoms with Gasteiger partial charge in [0.2, 0.25) is 0 Å². The summed E-state index contributed by atoms with van der Waals surface area (Å²) < 4.78 is 4.86. The molecule has 0 aliphatic heterocycles. The number of thiophene rings is 1. The average Bonchev–Trinajstić information content (AvgIpc) is 2.78. The lowest BCUT2D eigenvalue weighted by molar-refractivity contribution is -0.139. The molecule has 0 bridgehead atoms. The minimum absolute atomic E-state index is 0.0874. The van der Waals surface area contributed by atoms with E-state index < -0.39 is 0 Å². The molecular weight excluding hydrogens is 268 g/mol. The summed E-state index contributed by atoms with van der Waals surface area (Å²) in [6.07, 6.45) is 0.491. The Bertz CT molecular complexity index is 429. The van der Waals surface area contributed by atoms with Gasteiger partial charge in [-0.15, -0.1) is 23.1 Å². The van der Waals surface area contributed by atoms with Gasteiger partial charge in [-0.25, -0.2) is 0 Å². The molecule has 0 saturated carbocycles. The number of hydrogen-bond donors (Lipinski definition) is 1. The first-order valence-corrected chi connectivity index (χ1v) is 7.70. The van der Waals surface area contributed by atoms with Crippen molar-refractivity contribution in [2.75, 3.05) is 19.0 Å². The van der Waals surface area contributed by atoms with Crippen LogP contribution in [0.1, 0.15) is 23.8 Å². The molecule has 0 aromatic carbocycles. The highest BCUT2D eigenvalue weighted by molar-refractivity contribution is 7.99. The number of aliphatic hydroxyl groups excluding tert-OH is 1. The first-order chi connectivity index (χ1) is 8.77. The third-order valence-electron chi connectivity index (χ3n) is 1.96. The Morgan fingerprint density at radius 2 is 2.44 bits per heavy atom. The van der Waals surface area contributed by atoms with Gasteiger partial charge in [0.25, 0.3) is 0 Å². The van der Waals surface area contributed by atoms with E-state index in [4.69, 9.17) is 9.84 Å². The van der Waals surface area contributed by atoms with E-state index in [-0.39, 0.29) is 12.6 Å². The van der Waals surface area contributed by atoms with Crippen LogP contribution in [0.4, 0.5) is 0 Å². The molecule has 0 aliphatic carbocycles. The van der Waals surface area contributed by atoms with E-state index in [0.717, 1.165) is 16.2 Å². The molecule has 0 unspecified atom stereocenters. The van der Waals surface area contributed by atoms with Crippen LogP contribution in [0.25, 0.3) is 0 Å². The van der Waals surface area contributed by atoms with Gasteiger partial charge >= 0.3 is 5.97 Å². The molecule has 18 heavy (non-hydrogen) atoms. The Morgan fingerprint density at radius 1 is 1.61 bits per heavy atom. The van der Waals surface area contributed by atoms with E-state index in [0.29, 0.717) is 18.8 Å². The zero-order valence-corrected chi connectivity index (χ0v) is 11.9. The zero-order chi connectivity index (χ0) is 13.2. The first kappa shape index (κ1) is 15.1. The highest BCUT2D eigenvalue weighted by Crippen LogP contribution is 2.22. The van der Waals surface area contributed by atoms with Crippen LogP contribution in [0, 0.1) is 11.8 Å². The van der Waals surface area contributed by atoms with Crippen molar-refractivity contribution in [3.63, 3.8) is 0 Å². The van der Waals surface area contributed by atoms with E-state index >= 15 is 0 Å². The summed E-state index contributed by atoms with van der Waals surface area (Å²) in [5, 5.41) is 10.7. The smallest absolute Gasteiger partial charge is 0.315 e. The Balaban J connectivity index is 2.41. The van der Waals surface area contributed by atoms with E-state index in [9.17, 15) is 4.79 Å². The molecule has 3 nitrogen and oxygen atoms in total. The molecule has 0 fully saturated rings. The van der Waals surface area contributed by atoms with Crippen molar-refractivity contribution in [2.24, 2.45) is 0 Å². The van der Waals surface area contributed by atoms with Gasteiger partial charge < -0.3 is 9.84 Å². The zero-order valence-electron chi connectivity index (χ0n) is 10.3. The second kappa shape index (κ2) is 9.03. The van der Waals surface area contributed by atoms with Crippen molar-refractivity contribution in [3.8, 4) is 11.8 Å². The molecule has 0 aliphatic rings. The molecule has 5 heteroatoms. The summed E-state index contributed by atoms with van der Waals surface area (Å²) in [5.74, 6) is 6.89. The summed E-state index contributed by atoms with van der Waals surface area (Å²) in [7, 11) is 0. The molecule has 0 amide bonds. The van der Waals surface area contributed by atoms with Gasteiger partial charge in [-0.3, -0.25) is 4.79 Å². The van der Waals surface area contributed by atoms with Crippen molar-refractivity contribution < 1.29 is 14.6 Å². The van der Waals surface area contributed by atoms with E-state index in [1.54, 1.807) is 18.3 Å². The highest BCUT2D eigenvalue weighted by Gasteiger charge is 2.05. The van der Waals surface area contributed by atoms with Gasteiger partial charge in [0, 0.05) is 22.6 Å². The fourth-order valence-corrected chi connectivity index (χ4v) is 3.04. The van der Waals surface area contributed by atoms with Gasteiger partial charge in [0.15, 0.2) is 0 Å². The second-order valence-electron chi connectivity index (χ2n) is 3.33. The minimum atomic E-state index is -0.174. The molecule has 98 valence electrons. The van der Waals surface area contributed by atoms with Crippen LogP contribution in [-0.2, 0) is 15.3 Å². The monoisotopic (exact) mass is 284 g/mol.